The molecule has 0 atom stereocenters. The highest BCUT2D eigenvalue weighted by atomic mass is 32.2. The van der Waals surface area contributed by atoms with Crippen LogP contribution in [0.15, 0.2) is 29.2 Å². The van der Waals surface area contributed by atoms with Crippen LogP contribution in [0.5, 0.6) is 0 Å². The maximum Gasteiger partial charge on any atom is 0.416 e. The zero-order chi connectivity index (χ0) is 24.0. The van der Waals surface area contributed by atoms with E-state index in [1.165, 1.54) is 11.4 Å². The van der Waals surface area contributed by atoms with Crippen LogP contribution in [0, 0.1) is 5.92 Å². The highest BCUT2D eigenvalue weighted by Crippen LogP contribution is 2.34. The fraction of sp³-hybridized carbons (Fsp3) is 0.739. The molecule has 1 saturated carbocycles. The van der Waals surface area contributed by atoms with Crippen LogP contribution in [0.1, 0.15) is 70.8 Å². The SMILES string of the molecule is CN(C1CCC(CCCCCNC(C)(C)CO)CC1)S(=O)(=O)c1ccc(C(F)(F)F)cc1. The Hall–Kier alpha value is -1.16. The number of sulfonamides is 1. The molecular formula is C23H37F3N2O3S. The summed E-state index contributed by atoms with van der Waals surface area (Å²) in [6.07, 6.45) is 3.44. The summed E-state index contributed by atoms with van der Waals surface area (Å²) in [6, 6.07) is 3.59. The first kappa shape index (κ1) is 27.1. The van der Waals surface area contributed by atoms with E-state index < -0.39 is 21.8 Å². The molecule has 32 heavy (non-hydrogen) atoms. The van der Waals surface area contributed by atoms with Crippen LogP contribution >= 0.6 is 0 Å². The van der Waals surface area contributed by atoms with Gasteiger partial charge in [-0.3, -0.25) is 0 Å². The first-order valence-corrected chi connectivity index (χ1v) is 12.8. The Morgan fingerprint density at radius 1 is 1.03 bits per heavy atom. The molecule has 1 aliphatic rings. The molecule has 0 heterocycles. The van der Waals surface area contributed by atoms with Gasteiger partial charge in [0, 0.05) is 18.6 Å². The number of aliphatic hydroxyl groups is 1. The first-order valence-electron chi connectivity index (χ1n) is 11.4. The summed E-state index contributed by atoms with van der Waals surface area (Å²) in [6.45, 7) is 4.94. The summed E-state index contributed by atoms with van der Waals surface area (Å²) >= 11 is 0. The van der Waals surface area contributed by atoms with Gasteiger partial charge in [-0.1, -0.05) is 19.3 Å². The molecule has 0 aliphatic heterocycles. The average Bonchev–Trinajstić information content (AvgIpc) is 2.75. The number of aliphatic hydroxyl groups excluding tert-OH is 1. The molecule has 184 valence electrons. The fourth-order valence-corrected chi connectivity index (χ4v) is 5.61. The van der Waals surface area contributed by atoms with Crippen molar-refractivity contribution in [3.8, 4) is 0 Å². The van der Waals surface area contributed by atoms with Crippen molar-refractivity contribution in [2.75, 3.05) is 20.2 Å². The molecule has 2 N–H and O–H groups in total. The molecule has 0 radical (unpaired) electrons. The number of halogens is 3. The smallest absolute Gasteiger partial charge is 0.394 e. The first-order chi connectivity index (χ1) is 14.9. The van der Waals surface area contributed by atoms with Crippen LogP contribution in [0.4, 0.5) is 13.2 Å². The van der Waals surface area contributed by atoms with Gasteiger partial charge in [0.25, 0.3) is 0 Å². The van der Waals surface area contributed by atoms with Gasteiger partial charge in [-0.05, 0) is 82.7 Å². The van der Waals surface area contributed by atoms with Crippen molar-refractivity contribution < 1.29 is 26.7 Å². The Labute approximate surface area is 190 Å². The number of benzene rings is 1. The lowest BCUT2D eigenvalue weighted by atomic mass is 9.83. The zero-order valence-electron chi connectivity index (χ0n) is 19.3. The normalized spacial score (nSPS) is 20.6. The lowest BCUT2D eigenvalue weighted by Gasteiger charge is -2.34. The molecule has 1 aromatic carbocycles. The number of rotatable bonds is 11. The minimum atomic E-state index is -4.49. The maximum atomic E-state index is 12.9. The van der Waals surface area contributed by atoms with Crippen LogP contribution in [-0.4, -0.2) is 49.6 Å². The summed E-state index contributed by atoms with van der Waals surface area (Å²) in [5, 5.41) is 12.6. The van der Waals surface area contributed by atoms with Crippen LogP contribution < -0.4 is 5.32 Å². The van der Waals surface area contributed by atoms with Crippen molar-refractivity contribution in [2.45, 2.75) is 87.9 Å². The van der Waals surface area contributed by atoms with E-state index in [-0.39, 0.29) is 23.1 Å². The second kappa shape index (κ2) is 11.3. The monoisotopic (exact) mass is 478 g/mol. The van der Waals surface area contributed by atoms with E-state index in [0.717, 1.165) is 82.2 Å². The second-order valence-electron chi connectivity index (χ2n) is 9.54. The molecular weight excluding hydrogens is 441 g/mol. The van der Waals surface area contributed by atoms with Crippen molar-refractivity contribution >= 4 is 10.0 Å². The zero-order valence-corrected chi connectivity index (χ0v) is 20.1. The van der Waals surface area contributed by atoms with E-state index in [0.29, 0.717) is 5.92 Å². The highest BCUT2D eigenvalue weighted by molar-refractivity contribution is 7.89. The molecule has 9 heteroatoms. The van der Waals surface area contributed by atoms with Gasteiger partial charge in [-0.2, -0.15) is 17.5 Å². The maximum absolute atomic E-state index is 12.9. The molecule has 1 aliphatic carbocycles. The lowest BCUT2D eigenvalue weighted by molar-refractivity contribution is -0.137. The number of hydrogen-bond acceptors (Lipinski definition) is 4. The highest BCUT2D eigenvalue weighted by Gasteiger charge is 2.33. The van der Waals surface area contributed by atoms with Gasteiger partial charge in [0.2, 0.25) is 10.0 Å². The predicted molar refractivity (Wildman–Crippen MR) is 120 cm³/mol. The van der Waals surface area contributed by atoms with Crippen LogP contribution in [0.2, 0.25) is 0 Å². The fourth-order valence-electron chi connectivity index (χ4n) is 4.19. The number of hydrogen-bond donors (Lipinski definition) is 2. The van der Waals surface area contributed by atoms with Crippen LogP contribution in [0.3, 0.4) is 0 Å². The predicted octanol–water partition coefficient (Wildman–Crippen LogP) is 4.81. The van der Waals surface area contributed by atoms with E-state index in [9.17, 15) is 26.7 Å². The number of alkyl halides is 3. The number of nitrogens with zero attached hydrogens (tertiary/aromatic N) is 1. The summed E-state index contributed by atoms with van der Waals surface area (Å²) in [5.41, 5.74) is -1.10. The van der Waals surface area contributed by atoms with Crippen molar-refractivity contribution in [3.05, 3.63) is 29.8 Å². The van der Waals surface area contributed by atoms with Gasteiger partial charge in [0.15, 0.2) is 0 Å². The molecule has 2 rings (SSSR count). The summed E-state index contributed by atoms with van der Waals surface area (Å²) in [4.78, 5) is -0.104. The van der Waals surface area contributed by atoms with Gasteiger partial charge in [0.1, 0.15) is 0 Å². The van der Waals surface area contributed by atoms with Crippen molar-refractivity contribution in [1.29, 1.82) is 0 Å². The Morgan fingerprint density at radius 2 is 1.62 bits per heavy atom. The molecule has 0 aromatic heterocycles. The molecule has 0 saturated heterocycles. The van der Waals surface area contributed by atoms with E-state index in [2.05, 4.69) is 5.32 Å². The minimum absolute atomic E-state index is 0.104. The number of nitrogens with one attached hydrogen (secondary N) is 1. The lowest BCUT2D eigenvalue weighted by Crippen LogP contribution is -2.43. The number of unbranched alkanes of at least 4 members (excludes halogenated alkanes) is 2. The summed E-state index contributed by atoms with van der Waals surface area (Å²) in [7, 11) is -2.29. The van der Waals surface area contributed by atoms with Crippen molar-refractivity contribution in [2.24, 2.45) is 5.92 Å². The molecule has 1 aromatic rings. The Morgan fingerprint density at radius 3 is 2.16 bits per heavy atom. The van der Waals surface area contributed by atoms with Gasteiger partial charge in [0.05, 0.1) is 17.1 Å². The van der Waals surface area contributed by atoms with E-state index in [4.69, 9.17) is 0 Å². The van der Waals surface area contributed by atoms with Gasteiger partial charge >= 0.3 is 6.18 Å². The van der Waals surface area contributed by atoms with Gasteiger partial charge < -0.3 is 10.4 Å². The van der Waals surface area contributed by atoms with Crippen molar-refractivity contribution in [3.63, 3.8) is 0 Å². The minimum Gasteiger partial charge on any atom is -0.394 e. The van der Waals surface area contributed by atoms with Gasteiger partial charge in [-0.25, -0.2) is 8.42 Å². The third-order valence-corrected chi connectivity index (χ3v) is 8.40. The molecule has 0 spiro atoms. The molecule has 5 nitrogen and oxygen atoms in total. The molecule has 1 fully saturated rings. The van der Waals surface area contributed by atoms with E-state index in [1.54, 1.807) is 0 Å². The molecule has 0 bridgehead atoms. The Kier molecular flexibility index (Phi) is 9.58. The van der Waals surface area contributed by atoms with Crippen molar-refractivity contribution in [1.82, 2.24) is 9.62 Å². The second-order valence-corrected chi connectivity index (χ2v) is 11.5. The third kappa shape index (κ3) is 7.71. The summed E-state index contributed by atoms with van der Waals surface area (Å²) < 4.78 is 65.3. The standard InChI is InChI=1S/C23H37F3N2O3S/c1-22(2,17-29)27-16-6-4-5-7-18-8-12-20(13-9-18)28(3)32(30,31)21-14-10-19(11-15-21)23(24,25)26/h10-11,14-15,18,20,27,29H,4-9,12-13,16-17H2,1-3H3. The van der Waals surface area contributed by atoms with E-state index in [1.807, 2.05) is 13.8 Å². The average molecular weight is 479 g/mol. The topological polar surface area (TPSA) is 69.6 Å². The molecule has 0 unspecified atom stereocenters. The third-order valence-electron chi connectivity index (χ3n) is 6.48. The van der Waals surface area contributed by atoms with Crippen LogP contribution in [-0.2, 0) is 16.2 Å². The largest absolute Gasteiger partial charge is 0.416 e. The molecule has 0 amide bonds. The van der Waals surface area contributed by atoms with Crippen LogP contribution in [0.25, 0.3) is 0 Å². The van der Waals surface area contributed by atoms with E-state index >= 15 is 0 Å². The van der Waals surface area contributed by atoms with Gasteiger partial charge in [-0.15, -0.1) is 0 Å². The summed E-state index contributed by atoms with van der Waals surface area (Å²) in [5.74, 6) is 0.593. The Bertz CT molecular complexity index is 803. The Balaban J connectivity index is 1.76. The quantitative estimate of drug-likeness (QED) is 0.448.